The van der Waals surface area contributed by atoms with E-state index >= 15 is 0 Å². The predicted molar refractivity (Wildman–Crippen MR) is 77.6 cm³/mol. The second-order valence-electron chi connectivity index (χ2n) is 6.35. The van der Waals surface area contributed by atoms with Gasteiger partial charge in [-0.05, 0) is 54.4 Å². The Balaban J connectivity index is 2.05. The third kappa shape index (κ3) is 2.83. The fraction of sp³-hybridized carbons (Fsp3) is 0.588. The van der Waals surface area contributed by atoms with Crippen molar-refractivity contribution in [2.75, 3.05) is 7.11 Å². The molecule has 19 heavy (non-hydrogen) atoms. The zero-order chi connectivity index (χ0) is 14.0. The number of hydrogen-bond acceptors (Lipinski definition) is 2. The maximum absolute atomic E-state index is 12.4. The van der Waals surface area contributed by atoms with Crippen LogP contribution in [0.2, 0.25) is 0 Å². The average molecular weight is 260 g/mol. The molecular weight excluding hydrogens is 236 g/mol. The summed E-state index contributed by atoms with van der Waals surface area (Å²) < 4.78 is 5.12. The average Bonchev–Trinajstić information content (AvgIpc) is 2.65. The summed E-state index contributed by atoms with van der Waals surface area (Å²) in [5.41, 5.74) is 1.08. The van der Waals surface area contributed by atoms with Crippen LogP contribution in [0.25, 0.3) is 0 Å². The first-order chi connectivity index (χ1) is 8.95. The number of rotatable bonds is 4. The topological polar surface area (TPSA) is 26.3 Å². The Kier molecular flexibility index (Phi) is 3.98. The maximum Gasteiger partial charge on any atom is 0.163 e. The van der Waals surface area contributed by atoms with Crippen LogP contribution in [0.4, 0.5) is 0 Å². The number of Topliss-reactive ketones (excluding diaryl/α,β-unsaturated/α-hetero) is 1. The summed E-state index contributed by atoms with van der Waals surface area (Å²) in [6, 6.07) is 7.45. The molecule has 0 aromatic heterocycles. The smallest absolute Gasteiger partial charge is 0.163 e. The number of benzene rings is 1. The first kappa shape index (κ1) is 14.1. The predicted octanol–water partition coefficient (Wildman–Crippen LogP) is 4.34. The van der Waals surface area contributed by atoms with E-state index in [1.54, 1.807) is 7.11 Å². The van der Waals surface area contributed by atoms with Gasteiger partial charge in [-0.1, -0.05) is 20.8 Å². The summed E-state index contributed by atoms with van der Waals surface area (Å²) in [4.78, 5) is 12.4. The van der Waals surface area contributed by atoms with Gasteiger partial charge in [0.15, 0.2) is 5.78 Å². The molecule has 0 bridgehead atoms. The molecule has 1 aliphatic carbocycles. The highest BCUT2D eigenvalue weighted by Crippen LogP contribution is 2.48. The first-order valence-corrected chi connectivity index (χ1v) is 7.12. The van der Waals surface area contributed by atoms with Crippen molar-refractivity contribution < 1.29 is 9.53 Å². The fourth-order valence-corrected chi connectivity index (χ4v) is 3.08. The molecule has 0 radical (unpaired) electrons. The quantitative estimate of drug-likeness (QED) is 0.753. The zero-order valence-electron chi connectivity index (χ0n) is 12.4. The summed E-state index contributed by atoms with van der Waals surface area (Å²) in [7, 11) is 1.64. The molecule has 2 rings (SSSR count). The second-order valence-corrected chi connectivity index (χ2v) is 6.35. The molecule has 0 unspecified atom stereocenters. The summed E-state index contributed by atoms with van der Waals surface area (Å²) in [5, 5.41) is 0. The van der Waals surface area contributed by atoms with Gasteiger partial charge in [0.25, 0.3) is 0 Å². The van der Waals surface area contributed by atoms with E-state index in [1.165, 1.54) is 12.8 Å². The van der Waals surface area contributed by atoms with Gasteiger partial charge in [-0.2, -0.15) is 0 Å². The normalized spacial score (nSPS) is 25.3. The van der Waals surface area contributed by atoms with Crippen molar-refractivity contribution in [1.82, 2.24) is 0 Å². The summed E-state index contributed by atoms with van der Waals surface area (Å²) in [6.07, 6.45) is 3.09. The Labute approximate surface area is 116 Å². The van der Waals surface area contributed by atoms with Crippen molar-refractivity contribution in [3.8, 4) is 5.75 Å². The second kappa shape index (κ2) is 5.36. The van der Waals surface area contributed by atoms with Crippen LogP contribution in [0.3, 0.4) is 0 Å². The highest BCUT2D eigenvalue weighted by atomic mass is 16.5. The van der Waals surface area contributed by atoms with Crippen LogP contribution in [-0.4, -0.2) is 12.9 Å². The van der Waals surface area contributed by atoms with E-state index in [-0.39, 0.29) is 11.2 Å². The number of methoxy groups -OCH3 is 1. The zero-order valence-corrected chi connectivity index (χ0v) is 12.4. The van der Waals surface area contributed by atoms with Crippen LogP contribution in [0.15, 0.2) is 24.3 Å². The van der Waals surface area contributed by atoms with E-state index in [9.17, 15) is 4.79 Å². The molecule has 104 valence electrons. The third-order valence-electron chi connectivity index (χ3n) is 5.11. The van der Waals surface area contributed by atoms with Crippen LogP contribution in [0, 0.1) is 17.3 Å². The summed E-state index contributed by atoms with van der Waals surface area (Å²) >= 11 is 0. The van der Waals surface area contributed by atoms with E-state index in [4.69, 9.17) is 4.74 Å². The van der Waals surface area contributed by atoms with Crippen LogP contribution >= 0.6 is 0 Å². The molecule has 0 aliphatic heterocycles. The molecule has 1 aromatic carbocycles. The van der Waals surface area contributed by atoms with E-state index in [0.717, 1.165) is 11.3 Å². The Morgan fingerprint density at radius 3 is 2.37 bits per heavy atom. The molecule has 1 saturated carbocycles. The minimum absolute atomic E-state index is 0.259. The molecule has 0 saturated heterocycles. The van der Waals surface area contributed by atoms with E-state index in [2.05, 4.69) is 20.8 Å². The molecular formula is C17H24O2. The standard InChI is InChI=1S/C17H24O2/c1-12-5-8-14(17(12,2)3)11-16(18)13-6-9-15(19-4)10-7-13/h6-7,9-10,12,14H,5,8,11H2,1-4H3/t12-,14-/m1/s1. The van der Waals surface area contributed by atoms with E-state index in [1.807, 2.05) is 24.3 Å². The Morgan fingerprint density at radius 1 is 1.26 bits per heavy atom. The van der Waals surface area contributed by atoms with Crippen molar-refractivity contribution in [2.45, 2.75) is 40.0 Å². The van der Waals surface area contributed by atoms with Crippen LogP contribution in [-0.2, 0) is 0 Å². The lowest BCUT2D eigenvalue weighted by atomic mass is 9.74. The fourth-order valence-electron chi connectivity index (χ4n) is 3.08. The molecule has 2 nitrogen and oxygen atoms in total. The van der Waals surface area contributed by atoms with E-state index < -0.39 is 0 Å². The Morgan fingerprint density at radius 2 is 1.89 bits per heavy atom. The van der Waals surface area contributed by atoms with Gasteiger partial charge in [-0.15, -0.1) is 0 Å². The number of hydrogen-bond donors (Lipinski definition) is 0. The molecule has 0 spiro atoms. The maximum atomic E-state index is 12.4. The lowest BCUT2D eigenvalue weighted by Crippen LogP contribution is -2.25. The van der Waals surface area contributed by atoms with Crippen LogP contribution in [0.5, 0.6) is 5.75 Å². The van der Waals surface area contributed by atoms with Crippen molar-refractivity contribution in [2.24, 2.45) is 17.3 Å². The third-order valence-corrected chi connectivity index (χ3v) is 5.11. The molecule has 1 aromatic rings. The molecule has 1 fully saturated rings. The van der Waals surface area contributed by atoms with Gasteiger partial charge in [-0.3, -0.25) is 4.79 Å². The lowest BCUT2D eigenvalue weighted by molar-refractivity contribution is 0.0909. The number of carbonyl (C=O) groups is 1. The van der Waals surface area contributed by atoms with Crippen molar-refractivity contribution in [1.29, 1.82) is 0 Å². The largest absolute Gasteiger partial charge is 0.497 e. The van der Waals surface area contributed by atoms with Crippen molar-refractivity contribution in [3.05, 3.63) is 29.8 Å². The molecule has 2 heteroatoms. The monoisotopic (exact) mass is 260 g/mol. The lowest BCUT2D eigenvalue weighted by Gasteiger charge is -2.30. The van der Waals surface area contributed by atoms with Crippen LogP contribution in [0.1, 0.15) is 50.4 Å². The van der Waals surface area contributed by atoms with Gasteiger partial charge < -0.3 is 4.74 Å². The molecule has 0 heterocycles. The summed E-state index contributed by atoms with van der Waals surface area (Å²) in [6.45, 7) is 6.91. The molecule has 0 N–H and O–H groups in total. The van der Waals surface area contributed by atoms with Gasteiger partial charge in [0.05, 0.1) is 7.11 Å². The van der Waals surface area contributed by atoms with Gasteiger partial charge >= 0.3 is 0 Å². The van der Waals surface area contributed by atoms with Gasteiger partial charge in [0, 0.05) is 12.0 Å². The molecule has 0 amide bonds. The van der Waals surface area contributed by atoms with Gasteiger partial charge in [-0.25, -0.2) is 0 Å². The minimum Gasteiger partial charge on any atom is -0.497 e. The van der Waals surface area contributed by atoms with Crippen LogP contribution < -0.4 is 4.74 Å². The number of ether oxygens (including phenoxy) is 1. The first-order valence-electron chi connectivity index (χ1n) is 7.12. The van der Waals surface area contributed by atoms with Gasteiger partial charge in [0.1, 0.15) is 5.75 Å². The Bertz CT molecular complexity index is 445. The Hall–Kier alpha value is -1.31. The highest BCUT2D eigenvalue weighted by molar-refractivity contribution is 5.96. The number of ketones is 1. The molecule has 2 atom stereocenters. The van der Waals surface area contributed by atoms with Crippen molar-refractivity contribution in [3.63, 3.8) is 0 Å². The SMILES string of the molecule is COc1ccc(C(=O)C[C@H]2CC[C@@H](C)C2(C)C)cc1. The minimum atomic E-state index is 0.259. The summed E-state index contributed by atoms with van der Waals surface area (Å²) in [5.74, 6) is 2.28. The van der Waals surface area contributed by atoms with E-state index in [0.29, 0.717) is 18.3 Å². The van der Waals surface area contributed by atoms with Crippen molar-refractivity contribution >= 4 is 5.78 Å². The number of carbonyl (C=O) groups excluding carboxylic acids is 1. The highest BCUT2D eigenvalue weighted by Gasteiger charge is 2.41. The molecule has 1 aliphatic rings. The van der Waals surface area contributed by atoms with Gasteiger partial charge in [0.2, 0.25) is 0 Å².